The summed E-state index contributed by atoms with van der Waals surface area (Å²) in [5, 5.41) is 12.6. The van der Waals surface area contributed by atoms with E-state index < -0.39 is 11.4 Å². The largest absolute Gasteiger partial charge is 0.477 e. The zero-order chi connectivity index (χ0) is 21.1. The zero-order valence-electron chi connectivity index (χ0n) is 15.9. The molecule has 0 saturated heterocycles. The quantitative estimate of drug-likeness (QED) is 0.476. The monoisotopic (exact) mass is 398 g/mol. The molecule has 0 aliphatic carbocycles. The Morgan fingerprint density at radius 1 is 0.867 bits per heavy atom. The number of pyridine rings is 1. The van der Waals surface area contributed by atoms with Gasteiger partial charge < -0.3 is 15.4 Å². The van der Waals surface area contributed by atoms with E-state index in [4.69, 9.17) is 0 Å². The van der Waals surface area contributed by atoms with Crippen molar-refractivity contribution in [3.8, 4) is 11.1 Å². The Balaban J connectivity index is 1.73. The Hall–Kier alpha value is -4.19. The summed E-state index contributed by atoms with van der Waals surface area (Å²) in [4.78, 5) is 40.0. The van der Waals surface area contributed by atoms with Crippen LogP contribution in [0.1, 0.15) is 26.4 Å². The highest BCUT2D eigenvalue weighted by Gasteiger charge is 2.18. The van der Waals surface area contributed by atoms with Crippen molar-refractivity contribution in [3.63, 3.8) is 0 Å². The first-order valence-electron chi connectivity index (χ1n) is 9.35. The lowest BCUT2D eigenvalue weighted by Gasteiger charge is -2.11. The standard InChI is InChI=1S/C24H18N2O4/c27-22-18-12-11-17(15-7-3-1-4-8-15)13-20(18)26-21(24(29)30)19(22)14-25-23(28)16-9-5-2-6-10-16/h1-13H,14H2,(H,25,28)(H,26,27)(H,29,30). The maximum absolute atomic E-state index is 13.0. The van der Waals surface area contributed by atoms with Crippen LogP contribution in [-0.2, 0) is 6.54 Å². The molecule has 1 aromatic heterocycles. The van der Waals surface area contributed by atoms with Gasteiger partial charge in [0.1, 0.15) is 5.69 Å². The summed E-state index contributed by atoms with van der Waals surface area (Å²) < 4.78 is 0. The highest BCUT2D eigenvalue weighted by Crippen LogP contribution is 2.23. The lowest BCUT2D eigenvalue weighted by molar-refractivity contribution is 0.0688. The summed E-state index contributed by atoms with van der Waals surface area (Å²) >= 11 is 0. The number of carbonyl (C=O) groups is 2. The Morgan fingerprint density at radius 3 is 2.20 bits per heavy atom. The van der Waals surface area contributed by atoms with Crippen LogP contribution in [0.3, 0.4) is 0 Å². The highest BCUT2D eigenvalue weighted by molar-refractivity contribution is 5.95. The van der Waals surface area contributed by atoms with Gasteiger partial charge in [-0.2, -0.15) is 0 Å². The van der Waals surface area contributed by atoms with Gasteiger partial charge in [-0.25, -0.2) is 4.79 Å². The average Bonchev–Trinajstić information content (AvgIpc) is 2.79. The number of H-pyrrole nitrogens is 1. The van der Waals surface area contributed by atoms with Crippen LogP contribution in [0, 0.1) is 0 Å². The van der Waals surface area contributed by atoms with Crippen LogP contribution in [0.25, 0.3) is 22.0 Å². The molecule has 1 amide bonds. The molecule has 0 spiro atoms. The van der Waals surface area contributed by atoms with Crippen molar-refractivity contribution in [1.82, 2.24) is 10.3 Å². The molecule has 0 saturated carbocycles. The number of aromatic amines is 1. The third kappa shape index (κ3) is 3.71. The molecule has 6 heteroatoms. The van der Waals surface area contributed by atoms with E-state index in [0.717, 1.165) is 11.1 Å². The lowest BCUT2D eigenvalue weighted by Crippen LogP contribution is -2.28. The van der Waals surface area contributed by atoms with Crippen molar-refractivity contribution < 1.29 is 14.7 Å². The molecule has 0 aliphatic heterocycles. The van der Waals surface area contributed by atoms with Gasteiger partial charge in [0.25, 0.3) is 5.91 Å². The van der Waals surface area contributed by atoms with Crippen LogP contribution < -0.4 is 10.7 Å². The lowest BCUT2D eigenvalue weighted by atomic mass is 10.0. The van der Waals surface area contributed by atoms with Gasteiger partial charge in [0, 0.05) is 17.5 Å². The molecule has 0 unspecified atom stereocenters. The fourth-order valence-corrected chi connectivity index (χ4v) is 3.35. The third-order valence-electron chi connectivity index (χ3n) is 4.88. The Bertz CT molecular complexity index is 1300. The van der Waals surface area contributed by atoms with E-state index in [1.54, 1.807) is 42.5 Å². The smallest absolute Gasteiger partial charge is 0.352 e. The number of carbonyl (C=O) groups excluding carboxylic acids is 1. The second-order valence-electron chi connectivity index (χ2n) is 6.79. The molecular weight excluding hydrogens is 380 g/mol. The summed E-state index contributed by atoms with van der Waals surface area (Å²) in [5.41, 5.74) is 2.03. The van der Waals surface area contributed by atoms with Gasteiger partial charge >= 0.3 is 5.97 Å². The molecule has 6 nitrogen and oxygen atoms in total. The van der Waals surface area contributed by atoms with Crippen molar-refractivity contribution >= 4 is 22.8 Å². The van der Waals surface area contributed by atoms with E-state index in [1.165, 1.54) is 0 Å². The van der Waals surface area contributed by atoms with E-state index in [1.807, 2.05) is 36.4 Å². The number of aromatic nitrogens is 1. The molecule has 1 heterocycles. The maximum Gasteiger partial charge on any atom is 0.352 e. The minimum absolute atomic E-state index is 0.00624. The molecule has 0 aliphatic rings. The molecule has 4 rings (SSSR count). The predicted octanol–water partition coefficient (Wildman–Crippen LogP) is 3.82. The van der Waals surface area contributed by atoms with E-state index in [-0.39, 0.29) is 23.7 Å². The molecule has 148 valence electrons. The van der Waals surface area contributed by atoms with Crippen molar-refractivity contribution in [2.75, 3.05) is 0 Å². The van der Waals surface area contributed by atoms with Gasteiger partial charge in [-0.15, -0.1) is 0 Å². The van der Waals surface area contributed by atoms with Crippen LogP contribution in [0.15, 0.2) is 83.7 Å². The summed E-state index contributed by atoms with van der Waals surface area (Å²) in [6.07, 6.45) is 0. The Morgan fingerprint density at radius 2 is 1.53 bits per heavy atom. The topological polar surface area (TPSA) is 99.3 Å². The molecule has 30 heavy (non-hydrogen) atoms. The molecule has 4 aromatic rings. The number of aromatic carboxylic acids is 1. The fourth-order valence-electron chi connectivity index (χ4n) is 3.35. The molecular formula is C24H18N2O4. The molecule has 0 fully saturated rings. The van der Waals surface area contributed by atoms with Crippen molar-refractivity contribution in [2.24, 2.45) is 0 Å². The molecule has 0 atom stereocenters. The number of nitrogens with one attached hydrogen (secondary N) is 2. The predicted molar refractivity (Wildman–Crippen MR) is 115 cm³/mol. The number of carboxylic acids is 1. The fraction of sp³-hybridized carbons (Fsp3) is 0.0417. The average molecular weight is 398 g/mol. The second kappa shape index (κ2) is 8.05. The van der Waals surface area contributed by atoms with Gasteiger partial charge in [-0.1, -0.05) is 54.6 Å². The first kappa shape index (κ1) is 19.1. The first-order chi connectivity index (χ1) is 14.5. The minimum Gasteiger partial charge on any atom is -0.477 e. The van der Waals surface area contributed by atoms with Crippen LogP contribution in [0.2, 0.25) is 0 Å². The second-order valence-corrected chi connectivity index (χ2v) is 6.79. The number of amides is 1. The minimum atomic E-state index is -1.26. The van der Waals surface area contributed by atoms with Gasteiger partial charge in [-0.05, 0) is 35.4 Å². The number of hydrogen-bond donors (Lipinski definition) is 3. The number of benzene rings is 3. The molecule has 3 aromatic carbocycles. The zero-order valence-corrected chi connectivity index (χ0v) is 15.9. The summed E-state index contributed by atoms with van der Waals surface area (Å²) in [5.74, 6) is -1.64. The van der Waals surface area contributed by atoms with E-state index in [9.17, 15) is 19.5 Å². The van der Waals surface area contributed by atoms with Crippen LogP contribution in [-0.4, -0.2) is 22.0 Å². The van der Waals surface area contributed by atoms with E-state index in [0.29, 0.717) is 16.5 Å². The van der Waals surface area contributed by atoms with Crippen LogP contribution in [0.5, 0.6) is 0 Å². The number of hydrogen-bond acceptors (Lipinski definition) is 3. The Kier molecular flexibility index (Phi) is 5.13. The number of rotatable bonds is 5. The normalized spacial score (nSPS) is 10.7. The van der Waals surface area contributed by atoms with Gasteiger partial charge in [0.2, 0.25) is 0 Å². The highest BCUT2D eigenvalue weighted by atomic mass is 16.4. The summed E-state index contributed by atoms with van der Waals surface area (Å²) in [6.45, 7) is -0.193. The van der Waals surface area contributed by atoms with Crippen LogP contribution >= 0.6 is 0 Å². The summed E-state index contributed by atoms with van der Waals surface area (Å²) in [7, 11) is 0. The molecule has 0 radical (unpaired) electrons. The van der Waals surface area contributed by atoms with Gasteiger partial charge in [0.15, 0.2) is 5.43 Å². The van der Waals surface area contributed by atoms with Crippen LogP contribution in [0.4, 0.5) is 0 Å². The SMILES string of the molecule is O=C(NCc1c(C(=O)O)[nH]c2cc(-c3ccccc3)ccc2c1=O)c1ccccc1. The van der Waals surface area contributed by atoms with Crippen molar-refractivity contribution in [1.29, 1.82) is 0 Å². The van der Waals surface area contributed by atoms with Gasteiger partial charge in [0.05, 0.1) is 11.1 Å². The van der Waals surface area contributed by atoms with Crippen molar-refractivity contribution in [3.05, 3.63) is 106 Å². The summed E-state index contributed by atoms with van der Waals surface area (Å²) in [6, 6.07) is 23.4. The Labute approximate surface area is 171 Å². The van der Waals surface area contributed by atoms with E-state index in [2.05, 4.69) is 10.3 Å². The number of carboxylic acid groups (broad SMARTS) is 1. The molecule has 3 N–H and O–H groups in total. The molecule has 0 bridgehead atoms. The van der Waals surface area contributed by atoms with Gasteiger partial charge in [-0.3, -0.25) is 9.59 Å². The van der Waals surface area contributed by atoms with E-state index >= 15 is 0 Å². The third-order valence-corrected chi connectivity index (χ3v) is 4.88. The maximum atomic E-state index is 13.0. The number of fused-ring (bicyclic) bond motifs is 1. The first-order valence-corrected chi connectivity index (χ1v) is 9.35. The van der Waals surface area contributed by atoms with Crippen molar-refractivity contribution in [2.45, 2.75) is 6.54 Å².